The van der Waals surface area contributed by atoms with Crippen LogP contribution in [0.1, 0.15) is 18.2 Å². The highest BCUT2D eigenvalue weighted by molar-refractivity contribution is 5.99. The molecule has 0 atom stereocenters. The molecule has 0 aliphatic carbocycles. The van der Waals surface area contributed by atoms with Crippen LogP contribution in [0.3, 0.4) is 0 Å². The summed E-state index contributed by atoms with van der Waals surface area (Å²) in [5.41, 5.74) is 8.63. The average molecular weight is 428 g/mol. The number of benzene rings is 4. The highest BCUT2D eigenvalue weighted by Gasteiger charge is 2.14. The van der Waals surface area contributed by atoms with Crippen LogP contribution in [0.2, 0.25) is 0 Å². The quantitative estimate of drug-likeness (QED) is 0.292. The average Bonchev–Trinajstić information content (AvgIpc) is 3.23. The molecule has 1 N–H and O–H groups in total. The third-order valence-electron chi connectivity index (χ3n) is 5.78. The number of fused-ring (bicyclic) bond motifs is 1. The molecular weight excluding hydrogens is 402 g/mol. The predicted molar refractivity (Wildman–Crippen MR) is 142 cm³/mol. The molecule has 0 aliphatic heterocycles. The first-order valence-electron chi connectivity index (χ1n) is 11.1. The first-order valence-corrected chi connectivity index (χ1v) is 11.1. The second-order valence-corrected chi connectivity index (χ2v) is 7.91. The Bertz CT molecular complexity index is 1420. The van der Waals surface area contributed by atoms with Gasteiger partial charge in [0.05, 0.1) is 0 Å². The Kier molecular flexibility index (Phi) is 5.65. The van der Waals surface area contributed by atoms with Crippen molar-refractivity contribution in [1.29, 1.82) is 0 Å². The van der Waals surface area contributed by atoms with Crippen LogP contribution in [0.25, 0.3) is 45.4 Å². The Morgan fingerprint density at radius 2 is 1.33 bits per heavy atom. The van der Waals surface area contributed by atoms with Gasteiger partial charge in [-0.3, -0.25) is 0 Å². The molecule has 0 saturated carbocycles. The van der Waals surface area contributed by atoms with Gasteiger partial charge in [0.1, 0.15) is 11.3 Å². The number of anilines is 2. The maximum Gasteiger partial charge on any atom is 0.143 e. The molecule has 5 aromatic rings. The Hall–Kier alpha value is -4.30. The van der Waals surface area contributed by atoms with Gasteiger partial charge in [0.25, 0.3) is 0 Å². The lowest BCUT2D eigenvalue weighted by Gasteiger charge is -2.09. The van der Waals surface area contributed by atoms with Gasteiger partial charge in [-0.05, 0) is 54.0 Å². The van der Waals surface area contributed by atoms with E-state index in [0.29, 0.717) is 0 Å². The topological polar surface area (TPSA) is 25.2 Å². The molecule has 5 rings (SSSR count). The zero-order valence-electron chi connectivity index (χ0n) is 18.6. The summed E-state index contributed by atoms with van der Waals surface area (Å²) in [6.07, 6.45) is 5.83. The summed E-state index contributed by atoms with van der Waals surface area (Å²) in [4.78, 5) is 0. The Labute approximate surface area is 194 Å². The maximum atomic E-state index is 6.22. The second-order valence-electron chi connectivity index (χ2n) is 7.91. The van der Waals surface area contributed by atoms with Crippen molar-refractivity contribution in [2.24, 2.45) is 0 Å². The first kappa shape index (κ1) is 20.6. The number of furan rings is 1. The van der Waals surface area contributed by atoms with E-state index in [1.165, 1.54) is 11.1 Å². The number of nitrogens with one attached hydrogen (secondary N) is 1. The highest BCUT2D eigenvalue weighted by Crippen LogP contribution is 2.36. The molecular formula is C31H25NO. The monoisotopic (exact) mass is 427 g/mol. The van der Waals surface area contributed by atoms with E-state index < -0.39 is 0 Å². The third kappa shape index (κ3) is 4.11. The molecule has 160 valence electrons. The van der Waals surface area contributed by atoms with Gasteiger partial charge >= 0.3 is 0 Å². The van der Waals surface area contributed by atoms with Crippen LogP contribution in [0, 0.1) is 0 Å². The van der Waals surface area contributed by atoms with E-state index in [9.17, 15) is 0 Å². The minimum atomic E-state index is 0.840. The standard InChI is InChI=1S/C31H25NO/c1-3-9-30-27(4-2)29-13-8-12-28(31(29)33-30)24-16-20-26(21-17-24)32-25-18-14-23(15-19-25)22-10-6-5-7-11-22/h3-21,32H,2H2,1H3/b9-3-. The lowest BCUT2D eigenvalue weighted by atomic mass is 10.0. The number of hydrogen-bond donors (Lipinski definition) is 1. The van der Waals surface area contributed by atoms with Crippen molar-refractivity contribution in [1.82, 2.24) is 0 Å². The number of allylic oxidation sites excluding steroid dienone is 1. The van der Waals surface area contributed by atoms with Crippen LogP contribution in [-0.2, 0) is 0 Å². The number of para-hydroxylation sites is 1. The molecule has 0 spiro atoms. The van der Waals surface area contributed by atoms with E-state index in [0.717, 1.165) is 44.8 Å². The molecule has 1 aromatic heterocycles. The van der Waals surface area contributed by atoms with Crippen molar-refractivity contribution < 1.29 is 4.42 Å². The third-order valence-corrected chi connectivity index (χ3v) is 5.78. The van der Waals surface area contributed by atoms with Crippen LogP contribution in [0.5, 0.6) is 0 Å². The normalized spacial score (nSPS) is 11.2. The van der Waals surface area contributed by atoms with Gasteiger partial charge in [0, 0.05) is 27.9 Å². The van der Waals surface area contributed by atoms with Crippen LogP contribution < -0.4 is 5.32 Å². The summed E-state index contributed by atoms with van der Waals surface area (Å²) in [5, 5.41) is 4.57. The van der Waals surface area contributed by atoms with Gasteiger partial charge in [0.15, 0.2) is 0 Å². The molecule has 33 heavy (non-hydrogen) atoms. The van der Waals surface area contributed by atoms with Crippen molar-refractivity contribution in [3.05, 3.63) is 121 Å². The lowest BCUT2D eigenvalue weighted by Crippen LogP contribution is -1.90. The van der Waals surface area contributed by atoms with E-state index in [1.807, 2.05) is 31.2 Å². The van der Waals surface area contributed by atoms with Crippen LogP contribution >= 0.6 is 0 Å². The van der Waals surface area contributed by atoms with Gasteiger partial charge in [-0.15, -0.1) is 0 Å². The summed E-state index contributed by atoms with van der Waals surface area (Å²) < 4.78 is 6.22. The van der Waals surface area contributed by atoms with Gasteiger partial charge in [-0.2, -0.15) is 0 Å². The molecule has 0 radical (unpaired) electrons. The van der Waals surface area contributed by atoms with Crippen molar-refractivity contribution in [2.45, 2.75) is 6.92 Å². The van der Waals surface area contributed by atoms with Crippen molar-refractivity contribution in [3.63, 3.8) is 0 Å². The Balaban J connectivity index is 1.40. The van der Waals surface area contributed by atoms with Crippen LogP contribution in [-0.4, -0.2) is 0 Å². The highest BCUT2D eigenvalue weighted by atomic mass is 16.3. The summed E-state index contributed by atoms with van der Waals surface area (Å²) in [7, 11) is 0. The molecule has 0 amide bonds. The first-order chi connectivity index (χ1) is 16.3. The molecule has 0 bridgehead atoms. The summed E-state index contributed by atoms with van der Waals surface area (Å²) in [5.74, 6) is 0.840. The molecule has 0 aliphatic rings. The number of rotatable bonds is 6. The summed E-state index contributed by atoms with van der Waals surface area (Å²) in [6, 6.07) is 33.6. The lowest BCUT2D eigenvalue weighted by molar-refractivity contribution is 0.604. The smallest absolute Gasteiger partial charge is 0.143 e. The fourth-order valence-corrected chi connectivity index (χ4v) is 4.15. The SMILES string of the molecule is C=Cc1c(/C=C\C)oc2c(-c3ccc(Nc4ccc(-c5ccccc5)cc4)cc3)cccc12. The van der Waals surface area contributed by atoms with E-state index in [4.69, 9.17) is 4.42 Å². The largest absolute Gasteiger partial charge is 0.455 e. The fraction of sp³-hybridized carbons (Fsp3) is 0.0323. The maximum absolute atomic E-state index is 6.22. The zero-order valence-corrected chi connectivity index (χ0v) is 18.6. The van der Waals surface area contributed by atoms with Gasteiger partial charge in [0.2, 0.25) is 0 Å². The summed E-state index contributed by atoms with van der Waals surface area (Å²) in [6.45, 7) is 5.96. The summed E-state index contributed by atoms with van der Waals surface area (Å²) >= 11 is 0. The molecule has 1 heterocycles. The molecule has 4 aromatic carbocycles. The Morgan fingerprint density at radius 3 is 1.97 bits per heavy atom. The molecule has 2 heteroatoms. The van der Waals surface area contributed by atoms with E-state index in [-0.39, 0.29) is 0 Å². The van der Waals surface area contributed by atoms with E-state index in [1.54, 1.807) is 0 Å². The van der Waals surface area contributed by atoms with Gasteiger partial charge in [-0.25, -0.2) is 0 Å². The fourth-order valence-electron chi connectivity index (χ4n) is 4.15. The molecule has 0 unspecified atom stereocenters. The van der Waals surface area contributed by atoms with Crippen molar-refractivity contribution in [3.8, 4) is 22.3 Å². The number of hydrogen-bond acceptors (Lipinski definition) is 2. The van der Waals surface area contributed by atoms with Crippen LogP contribution in [0.15, 0.2) is 114 Å². The van der Waals surface area contributed by atoms with Crippen molar-refractivity contribution >= 4 is 34.5 Å². The Morgan fingerprint density at radius 1 is 0.697 bits per heavy atom. The second kappa shape index (κ2) is 9.05. The minimum absolute atomic E-state index is 0.840. The predicted octanol–water partition coefficient (Wildman–Crippen LogP) is 9.19. The van der Waals surface area contributed by atoms with Gasteiger partial charge in [-0.1, -0.05) is 91.5 Å². The molecule has 0 fully saturated rings. The minimum Gasteiger partial charge on any atom is -0.455 e. The van der Waals surface area contributed by atoms with Crippen molar-refractivity contribution in [2.75, 3.05) is 5.32 Å². The van der Waals surface area contributed by atoms with E-state index in [2.05, 4.69) is 103 Å². The van der Waals surface area contributed by atoms with E-state index >= 15 is 0 Å². The van der Waals surface area contributed by atoms with Crippen LogP contribution in [0.4, 0.5) is 11.4 Å². The molecule has 0 saturated heterocycles. The zero-order chi connectivity index (χ0) is 22.6. The molecule has 2 nitrogen and oxygen atoms in total. The van der Waals surface area contributed by atoms with Gasteiger partial charge < -0.3 is 9.73 Å².